The first kappa shape index (κ1) is 25.3. The molecule has 0 unspecified atom stereocenters. The smallest absolute Gasteiger partial charge is 0.329 e. The van der Waals surface area contributed by atoms with Gasteiger partial charge in [-0.05, 0) is 24.8 Å². The summed E-state index contributed by atoms with van der Waals surface area (Å²) in [5.74, 6) is -0.517. The maximum atomic E-state index is 15.0. The van der Waals surface area contributed by atoms with Crippen molar-refractivity contribution in [3.63, 3.8) is 0 Å². The van der Waals surface area contributed by atoms with Crippen LogP contribution in [0, 0.1) is 0 Å². The van der Waals surface area contributed by atoms with Gasteiger partial charge in [-0.1, -0.05) is 60.7 Å². The molecule has 1 fully saturated rings. The van der Waals surface area contributed by atoms with Gasteiger partial charge < -0.3 is 19.8 Å². The summed E-state index contributed by atoms with van der Waals surface area (Å²) in [7, 11) is 0. The minimum atomic E-state index is -1.58. The highest BCUT2D eigenvalue weighted by atomic mass is 19.1. The SMILES string of the molecule is C=N/C=C(\N=C(C)N1CCC(F)(COCC(=O)O)CC1)C(O)(c1ccccc1)c1ccccc1. The molecule has 0 bridgehead atoms. The van der Waals surface area contributed by atoms with Gasteiger partial charge in [0.2, 0.25) is 0 Å². The lowest BCUT2D eigenvalue weighted by molar-refractivity contribution is -0.144. The van der Waals surface area contributed by atoms with Crippen LogP contribution >= 0.6 is 0 Å². The number of nitrogens with zero attached hydrogens (tertiary/aromatic N) is 3. The Morgan fingerprint density at radius 2 is 1.68 bits per heavy atom. The van der Waals surface area contributed by atoms with E-state index in [1.54, 1.807) is 6.92 Å². The van der Waals surface area contributed by atoms with Crippen molar-refractivity contribution in [3.8, 4) is 0 Å². The van der Waals surface area contributed by atoms with E-state index >= 15 is 4.39 Å². The van der Waals surface area contributed by atoms with Gasteiger partial charge in [-0.3, -0.25) is 4.99 Å². The summed E-state index contributed by atoms with van der Waals surface area (Å²) in [6, 6.07) is 18.4. The van der Waals surface area contributed by atoms with E-state index in [2.05, 4.69) is 11.7 Å². The average molecular weight is 468 g/mol. The summed E-state index contributed by atoms with van der Waals surface area (Å²) in [6.07, 6.45) is 1.80. The third kappa shape index (κ3) is 5.95. The van der Waals surface area contributed by atoms with Gasteiger partial charge in [-0.15, -0.1) is 0 Å². The van der Waals surface area contributed by atoms with E-state index in [-0.39, 0.29) is 19.4 Å². The number of ether oxygens (including phenoxy) is 1. The Kier molecular flexibility index (Phi) is 8.31. The molecular weight excluding hydrogens is 437 g/mol. The fourth-order valence-corrected chi connectivity index (χ4v) is 4.05. The molecule has 2 aromatic carbocycles. The lowest BCUT2D eigenvalue weighted by atomic mass is 9.83. The van der Waals surface area contributed by atoms with Gasteiger partial charge in [0.15, 0.2) is 5.60 Å². The van der Waals surface area contributed by atoms with Crippen molar-refractivity contribution in [2.45, 2.75) is 31.0 Å². The Morgan fingerprint density at radius 1 is 1.15 bits per heavy atom. The monoisotopic (exact) mass is 467 g/mol. The van der Waals surface area contributed by atoms with Crippen LogP contribution < -0.4 is 0 Å². The topological polar surface area (TPSA) is 94.7 Å². The van der Waals surface area contributed by atoms with Gasteiger partial charge in [0, 0.05) is 25.9 Å². The second-order valence-electron chi connectivity index (χ2n) is 8.32. The van der Waals surface area contributed by atoms with Crippen LogP contribution in [-0.4, -0.2) is 65.6 Å². The zero-order chi connectivity index (χ0) is 24.6. The first-order chi connectivity index (χ1) is 16.3. The number of aliphatic hydroxyl groups is 1. The van der Waals surface area contributed by atoms with E-state index in [4.69, 9.17) is 14.8 Å². The average Bonchev–Trinajstić information content (AvgIpc) is 2.84. The summed E-state index contributed by atoms with van der Waals surface area (Å²) in [4.78, 5) is 21.2. The summed E-state index contributed by atoms with van der Waals surface area (Å²) >= 11 is 0. The van der Waals surface area contributed by atoms with Gasteiger partial charge in [-0.25, -0.2) is 14.2 Å². The minimum absolute atomic E-state index is 0.180. The first-order valence-electron chi connectivity index (χ1n) is 11.1. The predicted molar refractivity (Wildman–Crippen MR) is 130 cm³/mol. The first-order valence-corrected chi connectivity index (χ1v) is 11.1. The molecule has 1 aliphatic rings. The van der Waals surface area contributed by atoms with Crippen LogP contribution in [0.5, 0.6) is 0 Å². The molecule has 0 saturated carbocycles. The number of aliphatic carboxylic acids is 1. The Hall–Kier alpha value is -3.36. The number of carbonyl (C=O) groups is 1. The van der Waals surface area contributed by atoms with Gasteiger partial charge in [0.25, 0.3) is 0 Å². The van der Waals surface area contributed by atoms with Crippen molar-refractivity contribution in [2.24, 2.45) is 9.98 Å². The van der Waals surface area contributed by atoms with E-state index in [0.29, 0.717) is 35.7 Å². The number of alkyl halides is 1. The molecule has 1 heterocycles. The Balaban J connectivity index is 1.86. The highest BCUT2D eigenvalue weighted by Crippen LogP contribution is 2.38. The van der Waals surface area contributed by atoms with Gasteiger partial charge in [-0.2, -0.15) is 0 Å². The van der Waals surface area contributed by atoms with E-state index < -0.39 is 23.8 Å². The van der Waals surface area contributed by atoms with Gasteiger partial charge in [0.1, 0.15) is 23.8 Å². The van der Waals surface area contributed by atoms with Crippen molar-refractivity contribution in [1.82, 2.24) is 4.90 Å². The highest BCUT2D eigenvalue weighted by molar-refractivity contribution is 5.81. The van der Waals surface area contributed by atoms with Crippen molar-refractivity contribution < 1.29 is 24.1 Å². The number of halogens is 1. The zero-order valence-corrected chi connectivity index (χ0v) is 19.2. The number of carboxylic acid groups (broad SMARTS) is 1. The summed E-state index contributed by atoms with van der Waals surface area (Å²) in [5.41, 5.74) is -1.61. The van der Waals surface area contributed by atoms with E-state index in [1.807, 2.05) is 65.6 Å². The number of amidine groups is 1. The normalized spacial score (nSPS) is 16.9. The van der Waals surface area contributed by atoms with Crippen molar-refractivity contribution in [2.75, 3.05) is 26.3 Å². The third-order valence-electron chi connectivity index (χ3n) is 5.95. The molecule has 0 amide bonds. The number of likely N-dealkylation sites (tertiary alicyclic amines) is 1. The number of rotatable bonds is 9. The molecule has 0 aliphatic carbocycles. The molecule has 7 nitrogen and oxygen atoms in total. The molecule has 0 spiro atoms. The van der Waals surface area contributed by atoms with Crippen molar-refractivity contribution in [3.05, 3.63) is 83.7 Å². The number of piperidine rings is 1. The molecule has 0 radical (unpaired) electrons. The molecule has 0 aromatic heterocycles. The molecular formula is C26H30FN3O4. The number of carboxylic acids is 1. The molecule has 2 N–H and O–H groups in total. The van der Waals surface area contributed by atoms with Crippen LogP contribution in [0.1, 0.15) is 30.9 Å². The molecule has 8 heteroatoms. The second-order valence-corrected chi connectivity index (χ2v) is 8.32. The van der Waals surface area contributed by atoms with Crippen LogP contribution in [0.4, 0.5) is 4.39 Å². The fourth-order valence-electron chi connectivity index (χ4n) is 4.05. The van der Waals surface area contributed by atoms with E-state index in [0.717, 1.165) is 0 Å². The van der Waals surface area contributed by atoms with Crippen molar-refractivity contribution in [1.29, 1.82) is 0 Å². The third-order valence-corrected chi connectivity index (χ3v) is 5.95. The lowest BCUT2D eigenvalue weighted by Gasteiger charge is -2.37. The van der Waals surface area contributed by atoms with Crippen LogP contribution in [0.25, 0.3) is 0 Å². The van der Waals surface area contributed by atoms with Crippen LogP contribution in [0.3, 0.4) is 0 Å². The molecule has 180 valence electrons. The number of benzene rings is 2. The number of hydrogen-bond donors (Lipinski definition) is 2. The summed E-state index contributed by atoms with van der Waals surface area (Å²) < 4.78 is 20.0. The largest absolute Gasteiger partial charge is 0.480 e. The molecule has 1 aliphatic heterocycles. The fraction of sp³-hybridized carbons (Fsp3) is 0.346. The predicted octanol–water partition coefficient (Wildman–Crippen LogP) is 3.79. The maximum Gasteiger partial charge on any atom is 0.329 e. The quantitative estimate of drug-likeness (QED) is 0.432. The molecule has 34 heavy (non-hydrogen) atoms. The molecule has 1 saturated heterocycles. The van der Waals surface area contributed by atoms with Crippen LogP contribution in [-0.2, 0) is 15.1 Å². The molecule has 0 atom stereocenters. The Bertz CT molecular complexity index is 993. The summed E-state index contributed by atoms with van der Waals surface area (Å²) in [5, 5.41) is 20.7. The van der Waals surface area contributed by atoms with Gasteiger partial charge in [0.05, 0.1) is 12.8 Å². The highest BCUT2D eigenvalue weighted by Gasteiger charge is 2.38. The standard InChI is InChI=1S/C26H30FN3O4/c1-20(30-15-13-25(27,14-16-30)19-34-18-24(31)32)29-23(17-28-2)26(33,21-9-5-3-6-10-21)22-11-7-4-8-12-22/h3-12,17,33H,2,13-16,18-19H2,1H3,(H,31,32)/b23-17-,29-20?. The van der Waals surface area contributed by atoms with Crippen molar-refractivity contribution >= 4 is 18.5 Å². The number of aliphatic imine (C=N–C) groups is 2. The van der Waals surface area contributed by atoms with Crippen LogP contribution in [0.15, 0.2) is 82.5 Å². The second kappa shape index (κ2) is 11.2. The number of hydrogen-bond acceptors (Lipinski definition) is 5. The minimum Gasteiger partial charge on any atom is -0.480 e. The van der Waals surface area contributed by atoms with E-state index in [1.165, 1.54) is 6.20 Å². The van der Waals surface area contributed by atoms with Gasteiger partial charge >= 0.3 is 5.97 Å². The summed E-state index contributed by atoms with van der Waals surface area (Å²) in [6.45, 7) is 5.35. The van der Waals surface area contributed by atoms with Crippen LogP contribution in [0.2, 0.25) is 0 Å². The lowest BCUT2D eigenvalue weighted by Crippen LogP contribution is -2.46. The zero-order valence-electron chi connectivity index (χ0n) is 19.2. The van der Waals surface area contributed by atoms with E-state index in [9.17, 15) is 9.90 Å². The molecule has 3 rings (SSSR count). The Morgan fingerprint density at radius 3 is 2.15 bits per heavy atom. The Labute approximate surface area is 198 Å². The molecule has 2 aromatic rings. The maximum absolute atomic E-state index is 15.0.